The maximum Gasteiger partial charge on any atom is 0.237 e. The van der Waals surface area contributed by atoms with Gasteiger partial charge in [0.05, 0.1) is 12.6 Å². The number of carbonyl (C=O) groups excluding carboxylic acids is 1. The Labute approximate surface area is 73.7 Å². The van der Waals surface area contributed by atoms with Crippen LogP contribution in [0.15, 0.2) is 0 Å². The molecule has 0 saturated carbocycles. The van der Waals surface area contributed by atoms with Crippen LogP contribution in [0.2, 0.25) is 0 Å². The standard InChI is InChI=1S/C9H16N2O/c1-4-6-11-9(12)8(10)7(3)5-2/h1,7-8H,5-6,10H2,2-3H3,(H,11,12)/t7?,8-/m0/s1. The molecule has 12 heavy (non-hydrogen) atoms. The highest BCUT2D eigenvalue weighted by Crippen LogP contribution is 2.04. The van der Waals surface area contributed by atoms with Gasteiger partial charge in [0, 0.05) is 0 Å². The molecule has 2 atom stereocenters. The van der Waals surface area contributed by atoms with Crippen LogP contribution in [0, 0.1) is 18.3 Å². The summed E-state index contributed by atoms with van der Waals surface area (Å²) < 4.78 is 0. The van der Waals surface area contributed by atoms with E-state index >= 15 is 0 Å². The van der Waals surface area contributed by atoms with Crippen molar-refractivity contribution in [3.05, 3.63) is 0 Å². The van der Waals surface area contributed by atoms with Gasteiger partial charge in [0.1, 0.15) is 0 Å². The summed E-state index contributed by atoms with van der Waals surface area (Å²) in [5.41, 5.74) is 5.63. The Morgan fingerprint density at radius 2 is 2.33 bits per heavy atom. The summed E-state index contributed by atoms with van der Waals surface area (Å²) in [6.45, 7) is 4.20. The predicted octanol–water partition coefficient (Wildman–Crippen LogP) is 0.109. The van der Waals surface area contributed by atoms with Gasteiger partial charge in [0.15, 0.2) is 0 Å². The van der Waals surface area contributed by atoms with Gasteiger partial charge >= 0.3 is 0 Å². The Balaban J connectivity index is 3.85. The second-order valence-corrected chi connectivity index (χ2v) is 2.83. The Hall–Kier alpha value is -1.01. The van der Waals surface area contributed by atoms with E-state index in [-0.39, 0.29) is 18.4 Å². The van der Waals surface area contributed by atoms with Crippen molar-refractivity contribution in [2.24, 2.45) is 11.7 Å². The van der Waals surface area contributed by atoms with Crippen molar-refractivity contribution in [2.45, 2.75) is 26.3 Å². The molecule has 0 heterocycles. The van der Waals surface area contributed by atoms with Crippen LogP contribution in [-0.4, -0.2) is 18.5 Å². The van der Waals surface area contributed by atoms with E-state index in [1.54, 1.807) is 0 Å². The topological polar surface area (TPSA) is 55.1 Å². The maximum atomic E-state index is 11.2. The summed E-state index contributed by atoms with van der Waals surface area (Å²) in [6.07, 6.45) is 5.87. The van der Waals surface area contributed by atoms with E-state index in [4.69, 9.17) is 12.2 Å². The zero-order valence-electron chi connectivity index (χ0n) is 7.63. The summed E-state index contributed by atoms with van der Waals surface area (Å²) in [5, 5.41) is 2.55. The molecule has 3 N–H and O–H groups in total. The van der Waals surface area contributed by atoms with E-state index in [0.717, 1.165) is 6.42 Å². The van der Waals surface area contributed by atoms with E-state index in [2.05, 4.69) is 11.2 Å². The van der Waals surface area contributed by atoms with Gasteiger partial charge in [-0.2, -0.15) is 0 Å². The van der Waals surface area contributed by atoms with Gasteiger partial charge in [-0.25, -0.2) is 0 Å². The number of rotatable bonds is 4. The molecule has 0 saturated heterocycles. The minimum Gasteiger partial charge on any atom is -0.344 e. The highest BCUT2D eigenvalue weighted by molar-refractivity contribution is 5.81. The highest BCUT2D eigenvalue weighted by atomic mass is 16.2. The number of hydrogen-bond donors (Lipinski definition) is 2. The maximum absolute atomic E-state index is 11.2. The number of nitrogens with two attached hydrogens (primary N) is 1. The monoisotopic (exact) mass is 168 g/mol. The van der Waals surface area contributed by atoms with E-state index in [1.165, 1.54) is 0 Å². The summed E-state index contributed by atoms with van der Waals surface area (Å²) in [4.78, 5) is 11.2. The molecule has 0 aliphatic rings. The van der Waals surface area contributed by atoms with Gasteiger partial charge in [0.2, 0.25) is 5.91 Å². The number of amides is 1. The highest BCUT2D eigenvalue weighted by Gasteiger charge is 2.18. The molecule has 0 radical (unpaired) electrons. The molecule has 0 aromatic rings. The van der Waals surface area contributed by atoms with E-state index in [9.17, 15) is 4.79 Å². The Morgan fingerprint density at radius 1 is 1.75 bits per heavy atom. The van der Waals surface area contributed by atoms with Gasteiger partial charge in [-0.3, -0.25) is 4.79 Å². The molecule has 0 aliphatic heterocycles. The van der Waals surface area contributed by atoms with Crippen LogP contribution in [0.1, 0.15) is 20.3 Å². The summed E-state index contributed by atoms with van der Waals surface area (Å²) in [6, 6.07) is -0.441. The molecule has 0 spiro atoms. The van der Waals surface area contributed by atoms with Gasteiger partial charge in [-0.1, -0.05) is 26.2 Å². The van der Waals surface area contributed by atoms with Crippen LogP contribution < -0.4 is 11.1 Å². The van der Waals surface area contributed by atoms with Crippen molar-refractivity contribution in [2.75, 3.05) is 6.54 Å². The second-order valence-electron chi connectivity index (χ2n) is 2.83. The van der Waals surface area contributed by atoms with Crippen LogP contribution >= 0.6 is 0 Å². The normalized spacial score (nSPS) is 14.5. The first-order valence-corrected chi connectivity index (χ1v) is 4.10. The lowest BCUT2D eigenvalue weighted by Crippen LogP contribution is -2.44. The average molecular weight is 168 g/mol. The fourth-order valence-electron chi connectivity index (χ4n) is 0.768. The third-order valence-corrected chi connectivity index (χ3v) is 1.92. The first kappa shape index (κ1) is 11.0. The van der Waals surface area contributed by atoms with Crippen molar-refractivity contribution >= 4 is 5.91 Å². The molecule has 0 rings (SSSR count). The molecular formula is C9H16N2O. The fraction of sp³-hybridized carbons (Fsp3) is 0.667. The number of hydrogen-bond acceptors (Lipinski definition) is 2. The molecule has 3 heteroatoms. The quantitative estimate of drug-likeness (QED) is 0.585. The van der Waals surface area contributed by atoms with Crippen LogP contribution in [0.4, 0.5) is 0 Å². The largest absolute Gasteiger partial charge is 0.344 e. The van der Waals surface area contributed by atoms with Crippen molar-refractivity contribution in [3.8, 4) is 12.3 Å². The first-order chi connectivity index (χ1) is 5.63. The molecule has 68 valence electrons. The molecule has 0 aromatic heterocycles. The summed E-state index contributed by atoms with van der Waals surface area (Å²) >= 11 is 0. The fourth-order valence-corrected chi connectivity index (χ4v) is 0.768. The number of nitrogens with one attached hydrogen (secondary N) is 1. The molecule has 0 aromatic carbocycles. The van der Waals surface area contributed by atoms with Gasteiger partial charge < -0.3 is 11.1 Å². The van der Waals surface area contributed by atoms with Crippen LogP contribution in [-0.2, 0) is 4.79 Å². The molecule has 0 bridgehead atoms. The third-order valence-electron chi connectivity index (χ3n) is 1.92. The van der Waals surface area contributed by atoms with Crippen molar-refractivity contribution < 1.29 is 4.79 Å². The smallest absolute Gasteiger partial charge is 0.237 e. The predicted molar refractivity (Wildman–Crippen MR) is 49.3 cm³/mol. The average Bonchev–Trinajstić information content (AvgIpc) is 2.11. The van der Waals surface area contributed by atoms with Crippen LogP contribution in [0.25, 0.3) is 0 Å². The first-order valence-electron chi connectivity index (χ1n) is 4.10. The molecule has 1 amide bonds. The van der Waals surface area contributed by atoms with Gasteiger partial charge in [0.25, 0.3) is 0 Å². The zero-order valence-corrected chi connectivity index (χ0v) is 7.63. The lowest BCUT2D eigenvalue weighted by Gasteiger charge is -2.16. The molecule has 1 unspecified atom stereocenters. The van der Waals surface area contributed by atoms with Crippen LogP contribution in [0.3, 0.4) is 0 Å². The SMILES string of the molecule is C#CCNC(=O)[C@@H](N)C(C)CC. The Bertz CT molecular complexity index is 183. The van der Waals surface area contributed by atoms with Crippen molar-refractivity contribution in [3.63, 3.8) is 0 Å². The van der Waals surface area contributed by atoms with E-state index in [0.29, 0.717) is 0 Å². The van der Waals surface area contributed by atoms with Gasteiger partial charge in [-0.15, -0.1) is 6.42 Å². The minimum atomic E-state index is -0.441. The second kappa shape index (κ2) is 5.62. The molecule has 3 nitrogen and oxygen atoms in total. The van der Waals surface area contributed by atoms with Crippen LogP contribution in [0.5, 0.6) is 0 Å². The summed E-state index contributed by atoms with van der Waals surface area (Å²) in [5.74, 6) is 2.36. The molecule has 0 aliphatic carbocycles. The van der Waals surface area contributed by atoms with Crippen molar-refractivity contribution in [1.29, 1.82) is 0 Å². The number of carbonyl (C=O) groups is 1. The van der Waals surface area contributed by atoms with Crippen molar-refractivity contribution in [1.82, 2.24) is 5.32 Å². The lowest BCUT2D eigenvalue weighted by molar-refractivity contribution is -0.123. The lowest BCUT2D eigenvalue weighted by atomic mass is 9.99. The minimum absolute atomic E-state index is 0.165. The Morgan fingerprint density at radius 3 is 2.75 bits per heavy atom. The zero-order chi connectivity index (χ0) is 9.56. The summed E-state index contributed by atoms with van der Waals surface area (Å²) in [7, 11) is 0. The van der Waals surface area contributed by atoms with E-state index in [1.807, 2.05) is 13.8 Å². The molecule has 0 fully saturated rings. The third kappa shape index (κ3) is 3.40. The number of terminal acetylenes is 1. The van der Waals surface area contributed by atoms with E-state index < -0.39 is 6.04 Å². The molecular weight excluding hydrogens is 152 g/mol. The Kier molecular flexibility index (Phi) is 5.14. The van der Waals surface area contributed by atoms with Gasteiger partial charge in [-0.05, 0) is 5.92 Å².